The third kappa shape index (κ3) is 4.82. The Kier molecular flexibility index (Phi) is 6.39. The van der Waals surface area contributed by atoms with Crippen molar-refractivity contribution >= 4 is 39.8 Å². The number of anilines is 1. The van der Waals surface area contributed by atoms with Gasteiger partial charge in [0, 0.05) is 11.0 Å². The fourth-order valence-electron chi connectivity index (χ4n) is 3.13. The molecule has 3 rings (SSSR count). The van der Waals surface area contributed by atoms with Crippen LogP contribution >= 0.6 is 15.9 Å². The van der Waals surface area contributed by atoms with Crippen LogP contribution in [0.3, 0.4) is 0 Å². The Balaban J connectivity index is 1.54. The summed E-state index contributed by atoms with van der Waals surface area (Å²) in [6, 6.07) is 7.71. The Bertz CT molecular complexity index is 862. The van der Waals surface area contributed by atoms with E-state index in [4.69, 9.17) is 0 Å². The van der Waals surface area contributed by atoms with Crippen LogP contribution in [-0.4, -0.2) is 39.3 Å². The number of benzene rings is 1. The number of nitrogens with zero attached hydrogens (tertiary/aromatic N) is 3. The first-order chi connectivity index (χ1) is 13.1. The van der Waals surface area contributed by atoms with Crippen molar-refractivity contribution in [3.63, 3.8) is 0 Å². The first-order valence-corrected chi connectivity index (χ1v) is 9.65. The normalized spacial score (nSPS) is 14.3. The zero-order valence-corrected chi connectivity index (χ0v) is 16.4. The maximum Gasteiger partial charge on any atom is 0.306 e. The van der Waals surface area contributed by atoms with Gasteiger partial charge in [-0.15, -0.1) is 0 Å². The van der Waals surface area contributed by atoms with Crippen molar-refractivity contribution < 1.29 is 14.7 Å². The van der Waals surface area contributed by atoms with E-state index in [0.717, 1.165) is 22.9 Å². The minimum Gasteiger partial charge on any atom is -0.481 e. The Morgan fingerprint density at radius 1 is 1.33 bits per heavy atom. The monoisotopic (exact) mass is 432 g/mol. The molecule has 1 aromatic carbocycles. The number of carboxylic acids is 1. The van der Waals surface area contributed by atoms with E-state index >= 15 is 0 Å². The van der Waals surface area contributed by atoms with E-state index in [-0.39, 0.29) is 12.3 Å². The molecule has 1 aliphatic rings. The van der Waals surface area contributed by atoms with E-state index in [1.807, 2.05) is 28.8 Å². The molecule has 2 heterocycles. The van der Waals surface area contributed by atoms with Gasteiger partial charge >= 0.3 is 5.97 Å². The van der Waals surface area contributed by atoms with Gasteiger partial charge in [0.15, 0.2) is 5.69 Å². The number of unbranched alkanes of at least 4 members (excludes halogenated alkanes) is 1. The topological polar surface area (TPSA) is 96.6 Å². The maximum atomic E-state index is 11.9. The van der Waals surface area contributed by atoms with Gasteiger partial charge in [-0.05, 0) is 30.9 Å². The highest BCUT2D eigenvalue weighted by Gasteiger charge is 2.20. The number of aliphatic carboxylic acids is 1. The van der Waals surface area contributed by atoms with Gasteiger partial charge in [-0.3, -0.25) is 14.6 Å². The van der Waals surface area contributed by atoms with Crippen LogP contribution in [0.4, 0.5) is 5.82 Å². The summed E-state index contributed by atoms with van der Waals surface area (Å²) in [5.41, 5.74) is 1.41. The van der Waals surface area contributed by atoms with Crippen molar-refractivity contribution in [3.8, 4) is 0 Å². The van der Waals surface area contributed by atoms with E-state index < -0.39 is 11.9 Å². The SMILES string of the molecule is O=C1CN=CNc2c1ncn2CCCCC(Cc1ccccc1Br)C(=O)O. The van der Waals surface area contributed by atoms with E-state index in [1.54, 1.807) is 6.33 Å². The molecule has 1 aromatic heterocycles. The lowest BCUT2D eigenvalue weighted by Crippen LogP contribution is -2.17. The van der Waals surface area contributed by atoms with E-state index in [9.17, 15) is 14.7 Å². The van der Waals surface area contributed by atoms with Crippen molar-refractivity contribution in [2.45, 2.75) is 32.2 Å². The third-order valence-electron chi connectivity index (χ3n) is 4.60. The molecule has 7 nitrogen and oxygen atoms in total. The molecular weight excluding hydrogens is 412 g/mol. The Hall–Kier alpha value is -2.48. The predicted octanol–water partition coefficient (Wildman–Crippen LogP) is 3.40. The summed E-state index contributed by atoms with van der Waals surface area (Å²) in [6.07, 6.45) is 5.83. The van der Waals surface area contributed by atoms with Gasteiger partial charge in [-0.1, -0.05) is 40.5 Å². The van der Waals surface area contributed by atoms with Crippen molar-refractivity contribution in [2.24, 2.45) is 10.9 Å². The Morgan fingerprint density at radius 3 is 2.93 bits per heavy atom. The predicted molar refractivity (Wildman–Crippen MR) is 106 cm³/mol. The second-order valence-corrected chi connectivity index (χ2v) is 7.35. The van der Waals surface area contributed by atoms with Crippen LogP contribution in [0.1, 0.15) is 35.3 Å². The molecule has 0 radical (unpaired) electrons. The van der Waals surface area contributed by atoms with Gasteiger partial charge in [0.1, 0.15) is 12.4 Å². The number of imidazole rings is 1. The summed E-state index contributed by atoms with van der Waals surface area (Å²) in [7, 11) is 0. The number of ketones is 1. The molecule has 1 unspecified atom stereocenters. The van der Waals surface area contributed by atoms with Crippen molar-refractivity contribution in [1.82, 2.24) is 9.55 Å². The molecule has 2 N–H and O–H groups in total. The smallest absolute Gasteiger partial charge is 0.306 e. The van der Waals surface area contributed by atoms with Crippen molar-refractivity contribution in [2.75, 3.05) is 11.9 Å². The van der Waals surface area contributed by atoms with Gasteiger partial charge in [-0.25, -0.2) is 4.98 Å². The quantitative estimate of drug-likeness (QED) is 0.623. The van der Waals surface area contributed by atoms with Crippen LogP contribution in [0.2, 0.25) is 0 Å². The van der Waals surface area contributed by atoms with E-state index in [0.29, 0.717) is 30.9 Å². The number of aliphatic imine (C=N–C) groups is 1. The molecule has 0 bridgehead atoms. The van der Waals surface area contributed by atoms with Gasteiger partial charge in [0.05, 0.1) is 18.6 Å². The van der Waals surface area contributed by atoms with Crippen LogP contribution < -0.4 is 5.32 Å². The molecule has 0 saturated carbocycles. The fourth-order valence-corrected chi connectivity index (χ4v) is 3.58. The Morgan fingerprint density at radius 2 is 2.15 bits per heavy atom. The second-order valence-electron chi connectivity index (χ2n) is 6.50. The lowest BCUT2D eigenvalue weighted by atomic mass is 9.94. The first-order valence-electron chi connectivity index (χ1n) is 8.85. The highest BCUT2D eigenvalue weighted by atomic mass is 79.9. The number of halogens is 1. The summed E-state index contributed by atoms with van der Waals surface area (Å²) < 4.78 is 2.82. The van der Waals surface area contributed by atoms with Gasteiger partial charge in [-0.2, -0.15) is 0 Å². The number of aryl methyl sites for hydroxylation is 1. The second kappa shape index (κ2) is 8.94. The standard InChI is InChI=1S/C19H21BrN4O3/c20-15-7-2-1-5-13(15)9-14(19(26)27)6-3-4-8-24-12-23-17-16(25)10-21-11-22-18(17)24/h1-2,5,7,11-12,14H,3-4,6,8-10H2,(H,21,22)(H,26,27). The number of nitrogens with one attached hydrogen (secondary N) is 1. The minimum absolute atomic E-state index is 0.104. The zero-order chi connectivity index (χ0) is 19.2. The molecule has 0 aliphatic carbocycles. The van der Waals surface area contributed by atoms with Crippen LogP contribution in [0, 0.1) is 5.92 Å². The van der Waals surface area contributed by atoms with E-state index in [2.05, 4.69) is 31.2 Å². The summed E-state index contributed by atoms with van der Waals surface area (Å²) in [6.45, 7) is 0.768. The zero-order valence-electron chi connectivity index (χ0n) is 14.8. The van der Waals surface area contributed by atoms with Crippen LogP contribution in [0.5, 0.6) is 0 Å². The molecule has 1 aliphatic heterocycles. The van der Waals surface area contributed by atoms with Crippen molar-refractivity contribution in [1.29, 1.82) is 0 Å². The van der Waals surface area contributed by atoms with Crippen LogP contribution in [-0.2, 0) is 17.8 Å². The van der Waals surface area contributed by atoms with Gasteiger partial charge < -0.3 is 15.0 Å². The summed E-state index contributed by atoms with van der Waals surface area (Å²) in [4.78, 5) is 31.7. The molecule has 8 heteroatoms. The molecule has 27 heavy (non-hydrogen) atoms. The number of hydrogen-bond donors (Lipinski definition) is 2. The summed E-state index contributed by atoms with van der Waals surface area (Å²) in [5, 5.41) is 12.5. The lowest BCUT2D eigenvalue weighted by Gasteiger charge is -2.14. The molecule has 0 fully saturated rings. The lowest BCUT2D eigenvalue weighted by molar-refractivity contribution is -0.142. The molecule has 2 aromatic rings. The average molecular weight is 433 g/mol. The number of carbonyl (C=O) groups is 2. The third-order valence-corrected chi connectivity index (χ3v) is 5.38. The molecule has 0 amide bonds. The van der Waals surface area contributed by atoms with Gasteiger partial charge in [0.2, 0.25) is 5.78 Å². The number of Topliss-reactive ketones (excluding diaryl/α,β-unsaturated/α-hetero) is 1. The summed E-state index contributed by atoms with van der Waals surface area (Å²) >= 11 is 3.48. The van der Waals surface area contributed by atoms with E-state index in [1.165, 1.54) is 6.34 Å². The number of aromatic nitrogens is 2. The average Bonchev–Trinajstić information content (AvgIpc) is 2.96. The van der Waals surface area contributed by atoms with Gasteiger partial charge in [0.25, 0.3) is 0 Å². The number of carbonyl (C=O) groups excluding carboxylic acids is 1. The van der Waals surface area contributed by atoms with Crippen LogP contribution in [0.15, 0.2) is 40.1 Å². The molecule has 1 atom stereocenters. The molecule has 0 spiro atoms. The molecular formula is C19H21BrN4O3. The molecule has 0 saturated heterocycles. The number of carboxylic acid groups (broad SMARTS) is 1. The highest BCUT2D eigenvalue weighted by Crippen LogP contribution is 2.23. The summed E-state index contributed by atoms with van der Waals surface area (Å²) in [5.74, 6) is -0.644. The minimum atomic E-state index is -0.772. The largest absolute Gasteiger partial charge is 0.481 e. The van der Waals surface area contributed by atoms with Crippen LogP contribution in [0.25, 0.3) is 0 Å². The van der Waals surface area contributed by atoms with Crippen molar-refractivity contribution in [3.05, 3.63) is 46.3 Å². The fraction of sp³-hybridized carbons (Fsp3) is 0.368. The number of hydrogen-bond acceptors (Lipinski definition) is 5. The highest BCUT2D eigenvalue weighted by molar-refractivity contribution is 9.10. The number of fused-ring (bicyclic) bond motifs is 1. The molecule has 142 valence electrons. The number of rotatable bonds is 8. The maximum absolute atomic E-state index is 11.9. The first kappa shape index (κ1) is 19.3. The Labute approximate surface area is 165 Å².